The molecule has 1 aliphatic rings. The molecule has 3 unspecified atom stereocenters. The second-order valence-corrected chi connectivity index (χ2v) is 7.07. The molecule has 3 heteroatoms. The highest BCUT2D eigenvalue weighted by atomic mass is 79.9. The highest BCUT2D eigenvalue weighted by Gasteiger charge is 2.30. The van der Waals surface area contributed by atoms with Crippen LogP contribution >= 0.6 is 15.9 Å². The molecule has 0 amide bonds. The van der Waals surface area contributed by atoms with Gasteiger partial charge in [-0.2, -0.15) is 0 Å². The van der Waals surface area contributed by atoms with Crippen molar-refractivity contribution in [3.8, 4) is 0 Å². The highest BCUT2D eigenvalue weighted by molar-refractivity contribution is 9.08. The van der Waals surface area contributed by atoms with Crippen LogP contribution in [-0.2, 0) is 5.33 Å². The molecule has 3 atom stereocenters. The molecule has 21 heavy (non-hydrogen) atoms. The van der Waals surface area contributed by atoms with Crippen molar-refractivity contribution in [3.63, 3.8) is 0 Å². The maximum Gasteiger partial charge on any atom is 0.133 e. The number of hydrogen-bond donors (Lipinski definition) is 0. The first-order valence-electron chi connectivity index (χ1n) is 7.81. The highest BCUT2D eigenvalue weighted by Crippen LogP contribution is 2.34. The van der Waals surface area contributed by atoms with Crippen molar-refractivity contribution >= 4 is 32.7 Å². The lowest BCUT2D eigenvalue weighted by Crippen LogP contribution is -2.46. The van der Waals surface area contributed by atoms with Gasteiger partial charge in [0.2, 0.25) is 0 Å². The standard InChI is InChI=1S/C18H23BrN2/c1-12-8-13(2)14(3)21(11-12)18-16(10-19)9-15-6-4-5-7-17(15)20-18/h4-7,9,12-14H,8,10-11H2,1-3H3. The zero-order valence-electron chi connectivity index (χ0n) is 13.0. The van der Waals surface area contributed by atoms with Crippen molar-refractivity contribution < 1.29 is 0 Å². The van der Waals surface area contributed by atoms with E-state index >= 15 is 0 Å². The van der Waals surface area contributed by atoms with Crippen LogP contribution in [0, 0.1) is 11.8 Å². The molecular formula is C18H23BrN2. The van der Waals surface area contributed by atoms with E-state index in [1.54, 1.807) is 0 Å². The summed E-state index contributed by atoms with van der Waals surface area (Å²) in [5.41, 5.74) is 2.39. The normalized spacial score (nSPS) is 26.3. The van der Waals surface area contributed by atoms with E-state index in [1.807, 2.05) is 0 Å². The minimum absolute atomic E-state index is 0.549. The molecule has 0 aliphatic carbocycles. The number of rotatable bonds is 2. The van der Waals surface area contributed by atoms with Crippen LogP contribution in [0.1, 0.15) is 32.8 Å². The van der Waals surface area contributed by atoms with Crippen molar-refractivity contribution in [2.45, 2.75) is 38.6 Å². The molecule has 0 radical (unpaired) electrons. The van der Waals surface area contributed by atoms with Crippen LogP contribution in [0.2, 0.25) is 0 Å². The van der Waals surface area contributed by atoms with Gasteiger partial charge in [-0.3, -0.25) is 0 Å². The van der Waals surface area contributed by atoms with E-state index in [-0.39, 0.29) is 0 Å². The van der Waals surface area contributed by atoms with Gasteiger partial charge in [0, 0.05) is 28.9 Å². The van der Waals surface area contributed by atoms with Crippen molar-refractivity contribution in [3.05, 3.63) is 35.9 Å². The third-order valence-corrected chi connectivity index (χ3v) is 5.40. The number of alkyl halides is 1. The average molecular weight is 347 g/mol. The van der Waals surface area contributed by atoms with E-state index in [9.17, 15) is 0 Å². The Bertz CT molecular complexity index is 640. The Morgan fingerprint density at radius 1 is 1.24 bits per heavy atom. The fraction of sp³-hybridized carbons (Fsp3) is 0.500. The Morgan fingerprint density at radius 3 is 2.76 bits per heavy atom. The Kier molecular flexibility index (Phi) is 4.21. The predicted octanol–water partition coefficient (Wildman–Crippen LogP) is 5.00. The lowest BCUT2D eigenvalue weighted by Gasteiger charge is -2.42. The van der Waals surface area contributed by atoms with Crippen molar-refractivity contribution in [2.24, 2.45) is 11.8 Å². The number of halogens is 1. The molecule has 1 aromatic carbocycles. The summed E-state index contributed by atoms with van der Waals surface area (Å²) in [6, 6.07) is 11.2. The number of hydrogen-bond acceptors (Lipinski definition) is 2. The molecule has 1 aliphatic heterocycles. The number of para-hydroxylation sites is 1. The topological polar surface area (TPSA) is 16.1 Å². The molecule has 1 saturated heterocycles. The third kappa shape index (κ3) is 2.80. The number of anilines is 1. The van der Waals surface area contributed by atoms with E-state index in [2.05, 4.69) is 71.9 Å². The molecule has 0 spiro atoms. The Hall–Kier alpha value is -1.09. The zero-order valence-corrected chi connectivity index (χ0v) is 14.6. The van der Waals surface area contributed by atoms with Crippen LogP contribution in [-0.4, -0.2) is 17.6 Å². The maximum absolute atomic E-state index is 4.98. The van der Waals surface area contributed by atoms with Crippen LogP contribution in [0.15, 0.2) is 30.3 Å². The number of nitrogens with zero attached hydrogens (tertiary/aromatic N) is 2. The zero-order chi connectivity index (χ0) is 15.0. The first-order valence-corrected chi connectivity index (χ1v) is 8.93. The van der Waals surface area contributed by atoms with Gasteiger partial charge in [0.1, 0.15) is 5.82 Å². The Balaban J connectivity index is 2.09. The van der Waals surface area contributed by atoms with Crippen LogP contribution in [0.25, 0.3) is 10.9 Å². The van der Waals surface area contributed by atoms with E-state index in [0.29, 0.717) is 12.0 Å². The number of piperidine rings is 1. The first kappa shape index (κ1) is 14.8. The predicted molar refractivity (Wildman–Crippen MR) is 94.1 cm³/mol. The van der Waals surface area contributed by atoms with Crippen LogP contribution in [0.3, 0.4) is 0 Å². The van der Waals surface area contributed by atoms with Crippen LogP contribution in [0.5, 0.6) is 0 Å². The summed E-state index contributed by atoms with van der Waals surface area (Å²) in [5, 5.41) is 2.08. The van der Waals surface area contributed by atoms with Gasteiger partial charge in [-0.15, -0.1) is 0 Å². The number of fused-ring (bicyclic) bond motifs is 1. The fourth-order valence-corrected chi connectivity index (χ4v) is 3.90. The minimum Gasteiger partial charge on any atom is -0.353 e. The third-order valence-electron chi connectivity index (χ3n) is 4.79. The Labute approximate surface area is 135 Å². The summed E-state index contributed by atoms with van der Waals surface area (Å²) in [7, 11) is 0. The van der Waals surface area contributed by atoms with Gasteiger partial charge in [0.25, 0.3) is 0 Å². The second kappa shape index (κ2) is 5.96. The molecule has 0 bridgehead atoms. The summed E-state index contributed by atoms with van der Waals surface area (Å²) in [5.74, 6) is 2.61. The van der Waals surface area contributed by atoms with Crippen LogP contribution < -0.4 is 4.90 Å². The minimum atomic E-state index is 0.549. The fourth-order valence-electron chi connectivity index (χ4n) is 3.49. The molecule has 0 N–H and O–H groups in total. The number of pyridine rings is 1. The van der Waals surface area contributed by atoms with E-state index in [4.69, 9.17) is 4.98 Å². The van der Waals surface area contributed by atoms with E-state index < -0.39 is 0 Å². The van der Waals surface area contributed by atoms with E-state index in [0.717, 1.165) is 29.1 Å². The second-order valence-electron chi connectivity index (χ2n) is 6.51. The first-order chi connectivity index (χ1) is 10.1. The molecule has 1 fully saturated rings. The van der Waals surface area contributed by atoms with Gasteiger partial charge in [-0.1, -0.05) is 48.0 Å². The van der Waals surface area contributed by atoms with Crippen molar-refractivity contribution in [1.29, 1.82) is 0 Å². The molecular weight excluding hydrogens is 324 g/mol. The molecule has 2 aromatic rings. The van der Waals surface area contributed by atoms with Gasteiger partial charge in [-0.25, -0.2) is 4.98 Å². The van der Waals surface area contributed by atoms with Gasteiger partial charge in [0.15, 0.2) is 0 Å². The summed E-state index contributed by atoms with van der Waals surface area (Å²) in [6.45, 7) is 8.16. The van der Waals surface area contributed by atoms with Gasteiger partial charge >= 0.3 is 0 Å². The summed E-state index contributed by atoms with van der Waals surface area (Å²) in [4.78, 5) is 7.50. The monoisotopic (exact) mass is 346 g/mol. The lowest BCUT2D eigenvalue weighted by molar-refractivity contribution is 0.295. The number of benzene rings is 1. The molecule has 3 rings (SSSR count). The number of aromatic nitrogens is 1. The van der Waals surface area contributed by atoms with Gasteiger partial charge in [0.05, 0.1) is 5.52 Å². The smallest absolute Gasteiger partial charge is 0.133 e. The largest absolute Gasteiger partial charge is 0.353 e. The van der Waals surface area contributed by atoms with Crippen LogP contribution in [0.4, 0.5) is 5.82 Å². The van der Waals surface area contributed by atoms with Gasteiger partial charge in [-0.05, 0) is 37.3 Å². The van der Waals surface area contributed by atoms with Crippen molar-refractivity contribution in [1.82, 2.24) is 4.98 Å². The quantitative estimate of drug-likeness (QED) is 0.711. The molecule has 2 heterocycles. The van der Waals surface area contributed by atoms with E-state index in [1.165, 1.54) is 17.4 Å². The molecule has 2 nitrogen and oxygen atoms in total. The average Bonchev–Trinajstić information content (AvgIpc) is 2.49. The van der Waals surface area contributed by atoms with Crippen molar-refractivity contribution in [2.75, 3.05) is 11.4 Å². The molecule has 112 valence electrons. The summed E-state index contributed by atoms with van der Waals surface area (Å²) in [6.07, 6.45) is 1.31. The summed E-state index contributed by atoms with van der Waals surface area (Å²) >= 11 is 3.64. The Morgan fingerprint density at radius 2 is 2.00 bits per heavy atom. The lowest BCUT2D eigenvalue weighted by atomic mass is 9.86. The SMILES string of the molecule is CC1CC(C)C(C)N(c2nc3ccccc3cc2CBr)C1. The summed E-state index contributed by atoms with van der Waals surface area (Å²) < 4.78 is 0. The molecule has 1 aromatic heterocycles. The van der Waals surface area contributed by atoms with Gasteiger partial charge < -0.3 is 4.90 Å². The molecule has 0 saturated carbocycles. The maximum atomic E-state index is 4.98.